The summed E-state index contributed by atoms with van der Waals surface area (Å²) < 4.78 is 0. The lowest BCUT2D eigenvalue weighted by Gasteiger charge is -2.16. The van der Waals surface area contributed by atoms with Gasteiger partial charge in [0, 0.05) is 18.8 Å². The lowest BCUT2D eigenvalue weighted by molar-refractivity contribution is 0.323. The van der Waals surface area contributed by atoms with Crippen LogP contribution >= 0.6 is 0 Å². The smallest absolute Gasteiger partial charge is 0.0373 e. The zero-order valence-corrected chi connectivity index (χ0v) is 10.7. The summed E-state index contributed by atoms with van der Waals surface area (Å²) in [7, 11) is 2.19. The van der Waals surface area contributed by atoms with E-state index in [0.29, 0.717) is 0 Å². The molecule has 92 valence electrons. The summed E-state index contributed by atoms with van der Waals surface area (Å²) >= 11 is 0. The zero-order chi connectivity index (χ0) is 12.1. The first-order valence-corrected chi connectivity index (χ1v) is 6.44. The molecule has 0 spiro atoms. The van der Waals surface area contributed by atoms with E-state index < -0.39 is 0 Å². The predicted octanol–water partition coefficient (Wildman–Crippen LogP) is 3.05. The molecule has 2 heteroatoms. The van der Waals surface area contributed by atoms with Crippen molar-refractivity contribution in [3.8, 4) is 0 Å². The van der Waals surface area contributed by atoms with Crippen LogP contribution in [0.3, 0.4) is 0 Å². The number of hydrogen-bond acceptors (Lipinski definition) is 2. The van der Waals surface area contributed by atoms with Gasteiger partial charge in [-0.05, 0) is 50.0 Å². The van der Waals surface area contributed by atoms with Crippen LogP contribution in [-0.4, -0.2) is 25.0 Å². The van der Waals surface area contributed by atoms with Crippen molar-refractivity contribution in [2.45, 2.75) is 25.8 Å². The van der Waals surface area contributed by atoms with Crippen LogP contribution in [0.15, 0.2) is 30.9 Å². The maximum Gasteiger partial charge on any atom is 0.0373 e. The molecule has 0 fully saturated rings. The van der Waals surface area contributed by atoms with Gasteiger partial charge in [0.05, 0.1) is 0 Å². The molecule has 1 N–H and O–H groups in total. The Morgan fingerprint density at radius 3 is 3.18 bits per heavy atom. The van der Waals surface area contributed by atoms with Crippen LogP contribution in [0.4, 0.5) is 5.69 Å². The Labute approximate surface area is 104 Å². The second kappa shape index (κ2) is 5.87. The fourth-order valence-corrected chi connectivity index (χ4v) is 2.35. The lowest BCUT2D eigenvalue weighted by Crippen LogP contribution is -2.18. The molecule has 0 radical (unpaired) electrons. The Kier molecular flexibility index (Phi) is 4.21. The van der Waals surface area contributed by atoms with E-state index in [-0.39, 0.29) is 0 Å². The quantitative estimate of drug-likeness (QED) is 0.597. The number of nitrogens with one attached hydrogen (secondary N) is 1. The molecule has 0 saturated heterocycles. The van der Waals surface area contributed by atoms with Crippen LogP contribution < -0.4 is 5.32 Å². The lowest BCUT2D eigenvalue weighted by atomic mass is 10.1. The highest BCUT2D eigenvalue weighted by Crippen LogP contribution is 2.23. The maximum absolute atomic E-state index is 3.76. The fraction of sp³-hybridized carbons (Fsp3) is 0.467. The van der Waals surface area contributed by atoms with Crippen molar-refractivity contribution in [3.63, 3.8) is 0 Å². The molecule has 0 unspecified atom stereocenters. The van der Waals surface area contributed by atoms with Gasteiger partial charge in [0.1, 0.15) is 0 Å². The van der Waals surface area contributed by atoms with E-state index in [4.69, 9.17) is 0 Å². The van der Waals surface area contributed by atoms with E-state index in [9.17, 15) is 0 Å². The van der Waals surface area contributed by atoms with Gasteiger partial charge >= 0.3 is 0 Å². The molecule has 1 aliphatic heterocycles. The van der Waals surface area contributed by atoms with Crippen LogP contribution in [0, 0.1) is 0 Å². The van der Waals surface area contributed by atoms with Crippen molar-refractivity contribution in [2.75, 3.05) is 25.5 Å². The van der Waals surface area contributed by atoms with Crippen molar-refractivity contribution in [2.24, 2.45) is 0 Å². The fourth-order valence-electron chi connectivity index (χ4n) is 2.35. The Balaban J connectivity index is 1.88. The van der Waals surface area contributed by atoms with Crippen molar-refractivity contribution >= 4 is 5.69 Å². The summed E-state index contributed by atoms with van der Waals surface area (Å²) in [5.41, 5.74) is 4.22. The third kappa shape index (κ3) is 3.34. The van der Waals surface area contributed by atoms with Crippen LogP contribution in [0.1, 0.15) is 24.0 Å². The first-order valence-electron chi connectivity index (χ1n) is 6.44. The van der Waals surface area contributed by atoms with Gasteiger partial charge in [-0.2, -0.15) is 0 Å². The second-order valence-electron chi connectivity index (χ2n) is 4.84. The third-order valence-corrected chi connectivity index (χ3v) is 3.28. The van der Waals surface area contributed by atoms with Gasteiger partial charge in [0.15, 0.2) is 0 Å². The van der Waals surface area contributed by atoms with E-state index in [0.717, 1.165) is 26.1 Å². The SMILES string of the molecule is C=CCCCN(C)Cc1ccc2c(c1)CCN2. The Morgan fingerprint density at radius 1 is 1.47 bits per heavy atom. The summed E-state index contributed by atoms with van der Waals surface area (Å²) in [6, 6.07) is 6.80. The average molecular weight is 230 g/mol. The molecule has 2 nitrogen and oxygen atoms in total. The second-order valence-corrected chi connectivity index (χ2v) is 4.84. The minimum absolute atomic E-state index is 1.05. The van der Waals surface area contributed by atoms with Gasteiger partial charge in [0.25, 0.3) is 0 Å². The summed E-state index contributed by atoms with van der Waals surface area (Å²) in [5.74, 6) is 0. The molecule has 0 atom stereocenters. The number of fused-ring (bicyclic) bond motifs is 1. The van der Waals surface area contributed by atoms with Crippen LogP contribution in [0.25, 0.3) is 0 Å². The van der Waals surface area contributed by atoms with Gasteiger partial charge in [0.2, 0.25) is 0 Å². The molecular weight excluding hydrogens is 208 g/mol. The number of rotatable bonds is 6. The van der Waals surface area contributed by atoms with Crippen molar-refractivity contribution in [1.82, 2.24) is 4.90 Å². The largest absolute Gasteiger partial charge is 0.384 e. The topological polar surface area (TPSA) is 15.3 Å². The summed E-state index contributed by atoms with van der Waals surface area (Å²) in [5, 5.41) is 3.40. The molecule has 0 saturated carbocycles. The number of benzene rings is 1. The monoisotopic (exact) mass is 230 g/mol. The molecule has 0 amide bonds. The van der Waals surface area contributed by atoms with E-state index in [1.54, 1.807) is 0 Å². The molecule has 2 rings (SSSR count). The maximum atomic E-state index is 3.76. The van der Waals surface area contributed by atoms with E-state index in [1.165, 1.54) is 29.7 Å². The summed E-state index contributed by atoms with van der Waals surface area (Å²) in [6.07, 6.45) is 5.48. The van der Waals surface area contributed by atoms with Crippen LogP contribution in [0.5, 0.6) is 0 Å². The van der Waals surface area contributed by atoms with Crippen molar-refractivity contribution in [1.29, 1.82) is 0 Å². The third-order valence-electron chi connectivity index (χ3n) is 3.28. The highest BCUT2D eigenvalue weighted by molar-refractivity contribution is 5.56. The van der Waals surface area contributed by atoms with E-state index in [2.05, 4.69) is 42.0 Å². The standard InChI is InChI=1S/C15H22N2/c1-3-4-5-10-17(2)12-13-6-7-15-14(11-13)8-9-16-15/h3,6-7,11,16H,1,4-5,8-10,12H2,2H3. The highest BCUT2D eigenvalue weighted by Gasteiger charge is 2.10. The predicted molar refractivity (Wildman–Crippen MR) is 74.4 cm³/mol. The van der Waals surface area contributed by atoms with Crippen molar-refractivity contribution < 1.29 is 0 Å². The van der Waals surface area contributed by atoms with Gasteiger partial charge in [-0.1, -0.05) is 18.2 Å². The number of anilines is 1. The molecule has 1 heterocycles. The molecule has 0 aromatic heterocycles. The van der Waals surface area contributed by atoms with Crippen LogP contribution in [0.2, 0.25) is 0 Å². The highest BCUT2D eigenvalue weighted by atomic mass is 15.1. The molecule has 0 bridgehead atoms. The first kappa shape index (κ1) is 12.2. The Hall–Kier alpha value is -1.28. The first-order chi connectivity index (χ1) is 8.29. The minimum atomic E-state index is 1.05. The Bertz CT molecular complexity index is 385. The minimum Gasteiger partial charge on any atom is -0.384 e. The number of nitrogens with zero attached hydrogens (tertiary/aromatic N) is 1. The zero-order valence-electron chi connectivity index (χ0n) is 10.7. The molecule has 0 aliphatic carbocycles. The van der Waals surface area contributed by atoms with E-state index >= 15 is 0 Å². The number of unbranched alkanes of at least 4 members (excludes halogenated alkanes) is 1. The van der Waals surface area contributed by atoms with Crippen LogP contribution in [-0.2, 0) is 13.0 Å². The molecule has 1 aromatic carbocycles. The number of allylic oxidation sites excluding steroid dienone is 1. The molecule has 1 aromatic rings. The average Bonchev–Trinajstić information content (AvgIpc) is 2.76. The number of hydrogen-bond donors (Lipinski definition) is 1. The summed E-state index contributed by atoms with van der Waals surface area (Å²) in [4.78, 5) is 2.38. The van der Waals surface area contributed by atoms with Gasteiger partial charge in [-0.15, -0.1) is 6.58 Å². The Morgan fingerprint density at radius 2 is 2.35 bits per heavy atom. The molecule has 17 heavy (non-hydrogen) atoms. The molecular formula is C15H22N2. The summed E-state index contributed by atoms with van der Waals surface area (Å²) in [6.45, 7) is 7.03. The van der Waals surface area contributed by atoms with Gasteiger partial charge in [-0.3, -0.25) is 0 Å². The van der Waals surface area contributed by atoms with Crippen molar-refractivity contribution in [3.05, 3.63) is 42.0 Å². The molecule has 1 aliphatic rings. The van der Waals surface area contributed by atoms with Gasteiger partial charge < -0.3 is 10.2 Å². The van der Waals surface area contributed by atoms with Gasteiger partial charge in [-0.25, -0.2) is 0 Å². The normalized spacial score (nSPS) is 13.5. The van der Waals surface area contributed by atoms with E-state index in [1.807, 2.05) is 6.08 Å².